The largest absolute Gasteiger partial charge is 0.274 e. The van der Waals surface area contributed by atoms with Crippen LogP contribution in [0, 0.1) is 17.8 Å². The topological polar surface area (TPSA) is 50.3 Å². The molecule has 1 aliphatic heterocycles. The molecule has 0 aromatic carbocycles. The summed E-state index contributed by atoms with van der Waals surface area (Å²) in [6.07, 6.45) is 5.96. The number of amides is 2. The van der Waals surface area contributed by atoms with E-state index in [2.05, 4.69) is 27.8 Å². The number of halogens is 1. The van der Waals surface area contributed by atoms with E-state index in [1.54, 1.807) is 18.5 Å². The second-order valence-electron chi connectivity index (χ2n) is 5.33. The van der Waals surface area contributed by atoms with Crippen LogP contribution < -0.4 is 4.90 Å². The molecule has 2 unspecified atom stereocenters. The minimum atomic E-state index is -0.114. The van der Waals surface area contributed by atoms with Crippen LogP contribution in [-0.2, 0) is 9.59 Å². The predicted molar refractivity (Wildman–Crippen MR) is 74.4 cm³/mol. The van der Waals surface area contributed by atoms with Crippen molar-refractivity contribution in [1.29, 1.82) is 0 Å². The number of hydrogen-bond acceptors (Lipinski definition) is 3. The van der Waals surface area contributed by atoms with Crippen molar-refractivity contribution in [3.8, 4) is 0 Å². The van der Waals surface area contributed by atoms with Gasteiger partial charge >= 0.3 is 0 Å². The van der Waals surface area contributed by atoms with Crippen LogP contribution in [0.4, 0.5) is 5.69 Å². The van der Waals surface area contributed by atoms with Gasteiger partial charge in [-0.15, -0.1) is 0 Å². The Bertz CT molecular complexity index is 522. The minimum Gasteiger partial charge on any atom is -0.274 e. The monoisotopic (exact) mass is 322 g/mol. The van der Waals surface area contributed by atoms with Crippen molar-refractivity contribution >= 4 is 33.4 Å². The lowest BCUT2D eigenvalue weighted by Gasteiger charge is -2.17. The number of imide groups is 1. The number of carbonyl (C=O) groups is 2. The Balaban J connectivity index is 1.91. The van der Waals surface area contributed by atoms with Crippen molar-refractivity contribution < 1.29 is 9.59 Å². The molecule has 2 fully saturated rings. The van der Waals surface area contributed by atoms with Crippen LogP contribution >= 0.6 is 15.9 Å². The molecule has 1 aromatic heterocycles. The van der Waals surface area contributed by atoms with E-state index in [9.17, 15) is 9.59 Å². The summed E-state index contributed by atoms with van der Waals surface area (Å²) in [7, 11) is 0. The number of rotatable bonds is 2. The van der Waals surface area contributed by atoms with Gasteiger partial charge in [0, 0.05) is 10.7 Å². The summed E-state index contributed by atoms with van der Waals surface area (Å²) in [6, 6.07) is 1.77. The van der Waals surface area contributed by atoms with E-state index in [-0.39, 0.29) is 23.7 Å². The average Bonchev–Trinajstić information content (AvgIpc) is 2.91. The smallest absolute Gasteiger partial charge is 0.237 e. The van der Waals surface area contributed by atoms with E-state index < -0.39 is 0 Å². The molecule has 1 aromatic rings. The fraction of sp³-hybridized carbons (Fsp3) is 0.500. The van der Waals surface area contributed by atoms with Crippen LogP contribution in [0.3, 0.4) is 0 Å². The molecule has 0 bridgehead atoms. The molecule has 1 saturated carbocycles. The number of fused-ring (bicyclic) bond motifs is 1. The molecule has 0 N–H and O–H groups in total. The maximum Gasteiger partial charge on any atom is 0.237 e. The van der Waals surface area contributed by atoms with Gasteiger partial charge in [-0.1, -0.05) is 13.3 Å². The molecule has 2 heterocycles. The molecule has 19 heavy (non-hydrogen) atoms. The predicted octanol–water partition coefficient (Wildman–Crippen LogP) is 2.77. The molecule has 2 atom stereocenters. The van der Waals surface area contributed by atoms with Crippen LogP contribution in [0.5, 0.6) is 0 Å². The van der Waals surface area contributed by atoms with E-state index in [1.807, 2.05) is 0 Å². The first-order valence-corrected chi connectivity index (χ1v) is 7.39. The standard InChI is InChI=1S/C14H15BrN2O2/c1-2-8-3-11-12(4-8)14(19)17(13(11)18)10-5-9(15)6-16-7-10/h5-8,11-12H,2-4H2,1H3. The van der Waals surface area contributed by atoms with Crippen LogP contribution in [0.2, 0.25) is 0 Å². The van der Waals surface area contributed by atoms with E-state index in [0.29, 0.717) is 11.6 Å². The number of pyridine rings is 1. The Morgan fingerprint density at radius 3 is 2.42 bits per heavy atom. The van der Waals surface area contributed by atoms with Gasteiger partial charge < -0.3 is 0 Å². The number of aromatic nitrogens is 1. The second kappa shape index (κ2) is 4.71. The molecule has 2 amide bonds. The molecule has 4 nitrogen and oxygen atoms in total. The van der Waals surface area contributed by atoms with Gasteiger partial charge in [0.1, 0.15) is 0 Å². The van der Waals surface area contributed by atoms with Crippen molar-refractivity contribution in [3.05, 3.63) is 22.9 Å². The van der Waals surface area contributed by atoms with Crippen LogP contribution in [0.25, 0.3) is 0 Å². The third-order valence-electron chi connectivity index (χ3n) is 4.26. The van der Waals surface area contributed by atoms with Gasteiger partial charge in [-0.2, -0.15) is 0 Å². The first-order chi connectivity index (χ1) is 9.11. The molecule has 5 heteroatoms. The number of nitrogens with zero attached hydrogens (tertiary/aromatic N) is 2. The molecule has 0 radical (unpaired) electrons. The maximum atomic E-state index is 12.4. The van der Waals surface area contributed by atoms with Gasteiger partial charge in [0.15, 0.2) is 0 Å². The lowest BCUT2D eigenvalue weighted by molar-refractivity contribution is -0.123. The average molecular weight is 323 g/mol. The summed E-state index contributed by atoms with van der Waals surface area (Å²) in [4.78, 5) is 30.2. The lowest BCUT2D eigenvalue weighted by atomic mass is 10.00. The first kappa shape index (κ1) is 12.8. The van der Waals surface area contributed by atoms with Gasteiger partial charge in [-0.3, -0.25) is 14.6 Å². The molecule has 1 saturated heterocycles. The van der Waals surface area contributed by atoms with Crippen LogP contribution in [-0.4, -0.2) is 16.8 Å². The van der Waals surface area contributed by atoms with Crippen molar-refractivity contribution in [1.82, 2.24) is 4.98 Å². The summed E-state index contributed by atoms with van der Waals surface area (Å²) in [5.74, 6) is 0.190. The zero-order valence-electron chi connectivity index (χ0n) is 10.7. The van der Waals surface area contributed by atoms with Gasteiger partial charge in [0.05, 0.1) is 23.7 Å². The summed E-state index contributed by atoms with van der Waals surface area (Å²) in [6.45, 7) is 2.12. The van der Waals surface area contributed by atoms with Crippen LogP contribution in [0.15, 0.2) is 22.9 Å². The van der Waals surface area contributed by atoms with Crippen molar-refractivity contribution in [2.24, 2.45) is 17.8 Å². The van der Waals surface area contributed by atoms with Crippen LogP contribution in [0.1, 0.15) is 26.2 Å². The highest BCUT2D eigenvalue weighted by molar-refractivity contribution is 9.10. The molecular formula is C14H15BrN2O2. The molecule has 2 aliphatic rings. The quantitative estimate of drug-likeness (QED) is 0.787. The van der Waals surface area contributed by atoms with Gasteiger partial charge in [-0.05, 0) is 40.8 Å². The Kier molecular flexibility index (Phi) is 3.17. The first-order valence-electron chi connectivity index (χ1n) is 6.60. The summed E-state index contributed by atoms with van der Waals surface area (Å²) < 4.78 is 0.772. The van der Waals surface area contributed by atoms with Crippen molar-refractivity contribution in [3.63, 3.8) is 0 Å². The van der Waals surface area contributed by atoms with E-state index in [0.717, 1.165) is 23.7 Å². The van der Waals surface area contributed by atoms with E-state index in [1.165, 1.54) is 4.90 Å². The molecule has 1 aliphatic carbocycles. The molecular weight excluding hydrogens is 308 g/mol. The molecule has 100 valence electrons. The van der Waals surface area contributed by atoms with Gasteiger partial charge in [-0.25, -0.2) is 4.90 Å². The summed E-state index contributed by atoms with van der Waals surface area (Å²) in [5.41, 5.74) is 0.576. The highest BCUT2D eigenvalue weighted by Gasteiger charge is 2.52. The zero-order valence-corrected chi connectivity index (χ0v) is 12.3. The summed E-state index contributed by atoms with van der Waals surface area (Å²) >= 11 is 3.32. The Hall–Kier alpha value is -1.23. The fourth-order valence-electron chi connectivity index (χ4n) is 3.24. The number of carbonyl (C=O) groups excluding carboxylic acids is 2. The Morgan fingerprint density at radius 2 is 1.89 bits per heavy atom. The van der Waals surface area contributed by atoms with E-state index >= 15 is 0 Å². The third kappa shape index (κ3) is 2.00. The molecule has 3 rings (SSSR count). The maximum absolute atomic E-state index is 12.4. The Morgan fingerprint density at radius 1 is 1.26 bits per heavy atom. The molecule has 0 spiro atoms. The Labute approximate surface area is 120 Å². The van der Waals surface area contributed by atoms with Gasteiger partial charge in [0.25, 0.3) is 0 Å². The normalized spacial score (nSPS) is 30.0. The van der Waals surface area contributed by atoms with E-state index in [4.69, 9.17) is 0 Å². The summed E-state index contributed by atoms with van der Waals surface area (Å²) in [5, 5.41) is 0. The fourth-order valence-corrected chi connectivity index (χ4v) is 3.59. The highest BCUT2D eigenvalue weighted by atomic mass is 79.9. The lowest BCUT2D eigenvalue weighted by Crippen LogP contribution is -2.32. The SMILES string of the molecule is CCC1CC2C(=O)N(c3cncc(Br)c3)C(=O)C2C1. The van der Waals surface area contributed by atoms with Crippen molar-refractivity contribution in [2.45, 2.75) is 26.2 Å². The zero-order chi connectivity index (χ0) is 13.6. The van der Waals surface area contributed by atoms with Gasteiger partial charge in [0.2, 0.25) is 11.8 Å². The van der Waals surface area contributed by atoms with Crippen molar-refractivity contribution in [2.75, 3.05) is 4.90 Å². The minimum absolute atomic E-state index is 0.0501. The highest BCUT2D eigenvalue weighted by Crippen LogP contribution is 2.45. The number of anilines is 1. The number of hydrogen-bond donors (Lipinski definition) is 0. The second-order valence-corrected chi connectivity index (χ2v) is 6.25. The third-order valence-corrected chi connectivity index (χ3v) is 4.70.